The molecular formula is C21H18ClFN6O4S. The number of carbonyl (C=O) groups excluding carboxylic acids is 2. The van der Waals surface area contributed by atoms with Gasteiger partial charge < -0.3 is 14.2 Å². The molecule has 0 bridgehead atoms. The zero-order valence-electron chi connectivity index (χ0n) is 18.2. The van der Waals surface area contributed by atoms with Gasteiger partial charge in [-0.3, -0.25) is 9.48 Å². The van der Waals surface area contributed by atoms with Crippen molar-refractivity contribution in [3.05, 3.63) is 58.4 Å². The molecule has 176 valence electrons. The normalized spacial score (nSPS) is 11.9. The third-order valence-corrected chi connectivity index (χ3v) is 6.13. The molecule has 0 aliphatic heterocycles. The molecule has 0 radical (unpaired) electrons. The highest BCUT2D eigenvalue weighted by Crippen LogP contribution is 2.37. The molecule has 0 saturated carbocycles. The third kappa shape index (κ3) is 4.68. The molecule has 0 unspecified atom stereocenters. The van der Waals surface area contributed by atoms with Crippen molar-refractivity contribution in [1.82, 2.24) is 24.9 Å². The summed E-state index contributed by atoms with van der Waals surface area (Å²) >= 11 is 7.22. The number of nitrogens with zero attached hydrogens (tertiary/aromatic N) is 6. The number of ether oxygens (including phenoxy) is 1. The SMILES string of the molecule is CCOC(=O)[C@H](C)N(c1ccc(F)cc1)c1nc(Cl)c(C(=O)c2nc(-c3cnn(C)c3)no2)s1. The first-order valence-electron chi connectivity index (χ1n) is 10.0. The molecule has 1 aromatic carbocycles. The highest BCUT2D eigenvalue weighted by atomic mass is 35.5. The minimum atomic E-state index is -0.837. The summed E-state index contributed by atoms with van der Waals surface area (Å²) in [4.78, 5) is 35.5. The van der Waals surface area contributed by atoms with Crippen molar-refractivity contribution < 1.29 is 23.2 Å². The smallest absolute Gasteiger partial charge is 0.328 e. The number of carbonyl (C=O) groups is 2. The molecule has 3 aromatic heterocycles. The Kier molecular flexibility index (Phi) is 6.70. The summed E-state index contributed by atoms with van der Waals surface area (Å²) in [5, 5.41) is 7.98. The highest BCUT2D eigenvalue weighted by Gasteiger charge is 2.31. The van der Waals surface area contributed by atoms with Gasteiger partial charge in [0.15, 0.2) is 10.3 Å². The number of aryl methyl sites for hydroxylation is 1. The Bertz CT molecular complexity index is 1340. The summed E-state index contributed by atoms with van der Waals surface area (Å²) < 4.78 is 25.3. The van der Waals surface area contributed by atoms with E-state index in [0.717, 1.165) is 11.3 Å². The van der Waals surface area contributed by atoms with Gasteiger partial charge in [0.25, 0.3) is 11.7 Å². The number of thiazole rings is 1. The summed E-state index contributed by atoms with van der Waals surface area (Å²) in [7, 11) is 1.73. The van der Waals surface area contributed by atoms with Crippen LogP contribution in [0.2, 0.25) is 5.15 Å². The van der Waals surface area contributed by atoms with Gasteiger partial charge in [-0.15, -0.1) is 0 Å². The summed E-state index contributed by atoms with van der Waals surface area (Å²) in [6.07, 6.45) is 3.21. The summed E-state index contributed by atoms with van der Waals surface area (Å²) in [6.45, 7) is 3.48. The molecule has 0 fully saturated rings. The monoisotopic (exact) mass is 504 g/mol. The maximum absolute atomic E-state index is 13.5. The molecule has 34 heavy (non-hydrogen) atoms. The fraction of sp³-hybridized carbons (Fsp3) is 0.238. The van der Waals surface area contributed by atoms with Crippen molar-refractivity contribution in [2.45, 2.75) is 19.9 Å². The van der Waals surface area contributed by atoms with Gasteiger partial charge in [-0.25, -0.2) is 14.2 Å². The highest BCUT2D eigenvalue weighted by molar-refractivity contribution is 7.18. The quantitative estimate of drug-likeness (QED) is 0.259. The minimum absolute atomic E-state index is 0.0428. The molecule has 3 heterocycles. The molecule has 0 N–H and O–H groups in total. The number of anilines is 2. The van der Waals surface area contributed by atoms with Gasteiger partial charge in [0.2, 0.25) is 5.82 Å². The molecule has 1 atom stereocenters. The summed E-state index contributed by atoms with van der Waals surface area (Å²) in [5.74, 6) is -1.67. The van der Waals surface area contributed by atoms with E-state index in [1.807, 2.05) is 0 Å². The van der Waals surface area contributed by atoms with Crippen molar-refractivity contribution >= 4 is 45.5 Å². The first-order valence-corrected chi connectivity index (χ1v) is 11.2. The van der Waals surface area contributed by atoms with Gasteiger partial charge in [-0.05, 0) is 38.1 Å². The van der Waals surface area contributed by atoms with Crippen LogP contribution in [0.25, 0.3) is 11.4 Å². The number of esters is 1. The zero-order valence-corrected chi connectivity index (χ0v) is 19.8. The fourth-order valence-corrected chi connectivity index (χ4v) is 4.39. The zero-order chi connectivity index (χ0) is 24.4. The van der Waals surface area contributed by atoms with Crippen LogP contribution in [0.15, 0.2) is 41.2 Å². The lowest BCUT2D eigenvalue weighted by Crippen LogP contribution is -2.36. The lowest BCUT2D eigenvalue weighted by Gasteiger charge is -2.27. The van der Waals surface area contributed by atoms with Crippen LogP contribution in [-0.4, -0.2) is 49.3 Å². The second kappa shape index (κ2) is 9.69. The van der Waals surface area contributed by atoms with Crippen LogP contribution in [0.4, 0.5) is 15.2 Å². The summed E-state index contributed by atoms with van der Waals surface area (Å²) in [6, 6.07) is 4.64. The molecule has 4 rings (SSSR count). The van der Waals surface area contributed by atoms with Crippen LogP contribution < -0.4 is 4.90 Å². The minimum Gasteiger partial charge on any atom is -0.464 e. The van der Waals surface area contributed by atoms with Crippen LogP contribution >= 0.6 is 22.9 Å². The fourth-order valence-electron chi connectivity index (χ4n) is 3.07. The number of hydrogen-bond donors (Lipinski definition) is 0. The van der Waals surface area contributed by atoms with Gasteiger partial charge in [0.05, 0.1) is 18.4 Å². The number of aromatic nitrogens is 5. The van der Waals surface area contributed by atoms with Crippen molar-refractivity contribution in [2.24, 2.45) is 7.05 Å². The van der Waals surface area contributed by atoms with Crippen molar-refractivity contribution in [3.8, 4) is 11.4 Å². The number of rotatable bonds is 8. The van der Waals surface area contributed by atoms with Gasteiger partial charge >= 0.3 is 5.97 Å². The third-order valence-electron chi connectivity index (χ3n) is 4.69. The van der Waals surface area contributed by atoms with Crippen LogP contribution in [0.3, 0.4) is 0 Å². The van der Waals surface area contributed by atoms with E-state index in [4.69, 9.17) is 20.9 Å². The maximum Gasteiger partial charge on any atom is 0.328 e. The van der Waals surface area contributed by atoms with E-state index in [-0.39, 0.29) is 33.5 Å². The molecular weight excluding hydrogens is 487 g/mol. The maximum atomic E-state index is 13.5. The average molecular weight is 505 g/mol. The Morgan fingerprint density at radius 3 is 2.68 bits per heavy atom. The Balaban J connectivity index is 1.68. The first-order chi connectivity index (χ1) is 16.3. The number of ketones is 1. The average Bonchev–Trinajstić information content (AvgIpc) is 3.55. The molecule has 0 saturated heterocycles. The second-order valence-electron chi connectivity index (χ2n) is 7.05. The number of halogens is 2. The van der Waals surface area contributed by atoms with Gasteiger partial charge in [0.1, 0.15) is 16.7 Å². The molecule has 0 aliphatic rings. The molecule has 4 aromatic rings. The van der Waals surface area contributed by atoms with E-state index in [1.54, 1.807) is 31.8 Å². The number of hydrogen-bond acceptors (Lipinski definition) is 10. The van der Waals surface area contributed by atoms with Gasteiger partial charge in [-0.1, -0.05) is 28.1 Å². The van der Waals surface area contributed by atoms with E-state index in [2.05, 4.69) is 20.2 Å². The van der Waals surface area contributed by atoms with E-state index in [9.17, 15) is 14.0 Å². The summed E-state index contributed by atoms with van der Waals surface area (Å²) in [5.41, 5.74) is 1.04. The topological polar surface area (TPSA) is 116 Å². The van der Waals surface area contributed by atoms with E-state index in [1.165, 1.54) is 35.4 Å². The second-order valence-corrected chi connectivity index (χ2v) is 8.38. The van der Waals surface area contributed by atoms with Gasteiger partial charge in [-0.2, -0.15) is 10.1 Å². The Morgan fingerprint density at radius 2 is 2.03 bits per heavy atom. The van der Waals surface area contributed by atoms with Crippen molar-refractivity contribution in [2.75, 3.05) is 11.5 Å². The van der Waals surface area contributed by atoms with Crippen LogP contribution in [0.1, 0.15) is 29.4 Å². The largest absolute Gasteiger partial charge is 0.464 e. The Labute approximate surface area is 201 Å². The lowest BCUT2D eigenvalue weighted by molar-refractivity contribution is -0.144. The Morgan fingerprint density at radius 1 is 1.29 bits per heavy atom. The standard InChI is InChI=1S/C21H18ClFN6O4S/c1-4-32-20(31)11(2)29(14-7-5-13(23)6-8-14)21-25-17(22)16(34-21)15(30)19-26-18(27-33-19)12-9-24-28(3)10-12/h5-11H,4H2,1-3H3/t11-/m0/s1. The lowest BCUT2D eigenvalue weighted by atomic mass is 10.2. The van der Waals surface area contributed by atoms with E-state index < -0.39 is 23.6 Å². The predicted molar refractivity (Wildman–Crippen MR) is 122 cm³/mol. The molecule has 10 nitrogen and oxygen atoms in total. The number of benzene rings is 1. The van der Waals surface area contributed by atoms with E-state index >= 15 is 0 Å². The molecule has 0 aliphatic carbocycles. The molecule has 0 spiro atoms. The van der Waals surface area contributed by atoms with E-state index in [0.29, 0.717) is 11.3 Å². The van der Waals surface area contributed by atoms with Crippen LogP contribution in [0.5, 0.6) is 0 Å². The van der Waals surface area contributed by atoms with Crippen LogP contribution in [-0.2, 0) is 16.6 Å². The molecule has 0 amide bonds. The Hall–Kier alpha value is -3.64. The first kappa shape index (κ1) is 23.5. The predicted octanol–water partition coefficient (Wildman–Crippen LogP) is 4.04. The van der Waals surface area contributed by atoms with Gasteiger partial charge in [0, 0.05) is 18.9 Å². The molecule has 13 heteroatoms. The van der Waals surface area contributed by atoms with Crippen molar-refractivity contribution in [1.29, 1.82) is 0 Å². The van der Waals surface area contributed by atoms with Crippen LogP contribution in [0, 0.1) is 5.82 Å². The van der Waals surface area contributed by atoms with Crippen molar-refractivity contribution in [3.63, 3.8) is 0 Å².